The van der Waals surface area contributed by atoms with Gasteiger partial charge in [0.05, 0.1) is 12.2 Å². The van der Waals surface area contributed by atoms with Gasteiger partial charge in [-0.2, -0.15) is 0 Å². The molecule has 2 atom stereocenters. The van der Waals surface area contributed by atoms with E-state index in [4.69, 9.17) is 10.5 Å². The van der Waals surface area contributed by atoms with Gasteiger partial charge in [-0.25, -0.2) is 4.39 Å². The van der Waals surface area contributed by atoms with Crippen LogP contribution in [0.15, 0.2) is 24.3 Å². The molecule has 1 saturated heterocycles. The van der Waals surface area contributed by atoms with Gasteiger partial charge in [-0.05, 0) is 39.8 Å². The second-order valence-electron chi connectivity index (χ2n) is 6.04. The fourth-order valence-corrected chi connectivity index (χ4v) is 3.33. The third kappa shape index (κ3) is 3.19. The zero-order valence-electron chi connectivity index (χ0n) is 12.6. The van der Waals surface area contributed by atoms with E-state index in [1.54, 1.807) is 6.07 Å². The molecule has 2 rings (SSSR count). The molecule has 1 fully saturated rings. The lowest BCUT2D eigenvalue weighted by Gasteiger charge is -2.48. The van der Waals surface area contributed by atoms with E-state index in [0.29, 0.717) is 13.1 Å². The molecular formula is C16H25FN2O. The highest BCUT2D eigenvalue weighted by atomic mass is 19.1. The van der Waals surface area contributed by atoms with Crippen LogP contribution in [0.4, 0.5) is 4.39 Å². The lowest BCUT2D eigenvalue weighted by atomic mass is 9.82. The van der Waals surface area contributed by atoms with Crippen LogP contribution in [-0.4, -0.2) is 36.2 Å². The van der Waals surface area contributed by atoms with E-state index in [1.807, 2.05) is 19.2 Å². The van der Waals surface area contributed by atoms with Crippen LogP contribution in [0, 0.1) is 5.82 Å². The number of ether oxygens (including phenoxy) is 1. The standard InChI is InChI=1S/C16H25FN2O/c1-12-8-16(11-18,9-13(2)20-12)19(3)10-14-6-4-5-7-15(14)17/h4-7,12-13H,8-11,18H2,1-3H3. The minimum atomic E-state index is -0.153. The molecule has 20 heavy (non-hydrogen) atoms. The molecule has 4 heteroatoms. The van der Waals surface area contributed by atoms with E-state index in [9.17, 15) is 4.39 Å². The number of likely N-dealkylation sites (N-methyl/N-ethyl adjacent to an activating group) is 1. The first kappa shape index (κ1) is 15.4. The van der Waals surface area contributed by atoms with Crippen molar-refractivity contribution in [2.75, 3.05) is 13.6 Å². The Kier molecular flexibility index (Phi) is 4.78. The van der Waals surface area contributed by atoms with Crippen molar-refractivity contribution in [2.24, 2.45) is 5.73 Å². The van der Waals surface area contributed by atoms with Gasteiger partial charge in [-0.15, -0.1) is 0 Å². The smallest absolute Gasteiger partial charge is 0.127 e. The van der Waals surface area contributed by atoms with Crippen molar-refractivity contribution >= 4 is 0 Å². The molecule has 0 amide bonds. The van der Waals surface area contributed by atoms with Gasteiger partial charge in [0.15, 0.2) is 0 Å². The average Bonchev–Trinajstić information content (AvgIpc) is 2.40. The first-order chi connectivity index (χ1) is 9.47. The molecule has 112 valence electrons. The molecule has 0 spiro atoms. The second-order valence-corrected chi connectivity index (χ2v) is 6.04. The summed E-state index contributed by atoms with van der Waals surface area (Å²) in [5.41, 5.74) is 6.67. The van der Waals surface area contributed by atoms with Crippen LogP contribution >= 0.6 is 0 Å². The van der Waals surface area contributed by atoms with Crippen molar-refractivity contribution in [1.82, 2.24) is 4.90 Å². The van der Waals surface area contributed by atoms with Gasteiger partial charge in [0.2, 0.25) is 0 Å². The van der Waals surface area contributed by atoms with E-state index < -0.39 is 0 Å². The van der Waals surface area contributed by atoms with Gasteiger partial charge in [-0.1, -0.05) is 18.2 Å². The fraction of sp³-hybridized carbons (Fsp3) is 0.625. The summed E-state index contributed by atoms with van der Waals surface area (Å²) in [5.74, 6) is -0.153. The highest BCUT2D eigenvalue weighted by Gasteiger charge is 2.40. The molecule has 3 nitrogen and oxygen atoms in total. The first-order valence-electron chi connectivity index (χ1n) is 7.27. The molecule has 1 heterocycles. The number of nitrogens with zero attached hydrogens (tertiary/aromatic N) is 1. The monoisotopic (exact) mass is 280 g/mol. The van der Waals surface area contributed by atoms with E-state index in [0.717, 1.165) is 18.4 Å². The van der Waals surface area contributed by atoms with Gasteiger partial charge in [0.1, 0.15) is 5.82 Å². The lowest BCUT2D eigenvalue weighted by molar-refractivity contribution is -0.0995. The third-order valence-corrected chi connectivity index (χ3v) is 4.35. The Morgan fingerprint density at radius 1 is 1.30 bits per heavy atom. The van der Waals surface area contributed by atoms with Crippen LogP contribution in [0.3, 0.4) is 0 Å². The van der Waals surface area contributed by atoms with E-state index in [-0.39, 0.29) is 23.6 Å². The zero-order chi connectivity index (χ0) is 14.8. The Balaban J connectivity index is 2.16. The Morgan fingerprint density at radius 3 is 2.45 bits per heavy atom. The van der Waals surface area contributed by atoms with Crippen LogP contribution in [-0.2, 0) is 11.3 Å². The average molecular weight is 280 g/mol. The van der Waals surface area contributed by atoms with Crippen molar-refractivity contribution in [1.29, 1.82) is 0 Å². The summed E-state index contributed by atoms with van der Waals surface area (Å²) in [6.45, 7) is 5.30. The summed E-state index contributed by atoms with van der Waals surface area (Å²) in [6, 6.07) is 6.93. The zero-order valence-corrected chi connectivity index (χ0v) is 12.6. The Bertz CT molecular complexity index is 442. The SMILES string of the molecule is CC1CC(CN)(N(C)Cc2ccccc2F)CC(C)O1. The normalized spacial score (nSPS) is 30.7. The van der Waals surface area contributed by atoms with Crippen LogP contribution in [0.25, 0.3) is 0 Å². The maximum atomic E-state index is 13.8. The largest absolute Gasteiger partial charge is 0.375 e. The van der Waals surface area contributed by atoms with Gasteiger partial charge in [0, 0.05) is 24.2 Å². The molecule has 0 radical (unpaired) electrons. The quantitative estimate of drug-likeness (QED) is 0.921. The maximum absolute atomic E-state index is 13.8. The van der Waals surface area contributed by atoms with E-state index >= 15 is 0 Å². The molecule has 1 aliphatic rings. The topological polar surface area (TPSA) is 38.5 Å². The van der Waals surface area contributed by atoms with Crippen molar-refractivity contribution in [3.63, 3.8) is 0 Å². The predicted molar refractivity (Wildman–Crippen MR) is 78.9 cm³/mol. The van der Waals surface area contributed by atoms with E-state index in [2.05, 4.69) is 18.7 Å². The number of nitrogens with two attached hydrogens (primary N) is 1. The summed E-state index contributed by atoms with van der Waals surface area (Å²) in [7, 11) is 2.03. The van der Waals surface area contributed by atoms with Crippen molar-refractivity contribution in [3.05, 3.63) is 35.6 Å². The number of benzene rings is 1. The molecule has 0 saturated carbocycles. The number of halogens is 1. The molecule has 1 aliphatic heterocycles. The molecule has 0 aliphatic carbocycles. The van der Waals surface area contributed by atoms with E-state index in [1.165, 1.54) is 6.07 Å². The molecule has 1 aromatic carbocycles. The Labute approximate surface area is 120 Å². The summed E-state index contributed by atoms with van der Waals surface area (Å²) in [4.78, 5) is 2.20. The van der Waals surface area contributed by atoms with Crippen molar-refractivity contribution in [2.45, 2.75) is 51.0 Å². The van der Waals surface area contributed by atoms with Crippen molar-refractivity contribution in [3.8, 4) is 0 Å². The van der Waals surface area contributed by atoms with Crippen LogP contribution < -0.4 is 5.73 Å². The lowest BCUT2D eigenvalue weighted by Crippen LogP contribution is -2.58. The minimum absolute atomic E-state index is 0.112. The highest BCUT2D eigenvalue weighted by Crippen LogP contribution is 2.33. The number of rotatable bonds is 4. The molecule has 0 aromatic heterocycles. The summed E-state index contributed by atoms with van der Waals surface area (Å²) in [5, 5.41) is 0. The molecule has 0 bridgehead atoms. The fourth-order valence-electron chi connectivity index (χ4n) is 3.33. The van der Waals surface area contributed by atoms with Crippen LogP contribution in [0.2, 0.25) is 0 Å². The molecule has 2 N–H and O–H groups in total. The third-order valence-electron chi connectivity index (χ3n) is 4.35. The maximum Gasteiger partial charge on any atom is 0.127 e. The van der Waals surface area contributed by atoms with Crippen LogP contribution in [0.5, 0.6) is 0 Å². The van der Waals surface area contributed by atoms with Gasteiger partial charge in [-0.3, -0.25) is 4.90 Å². The highest BCUT2D eigenvalue weighted by molar-refractivity contribution is 5.17. The summed E-state index contributed by atoms with van der Waals surface area (Å²) in [6.07, 6.45) is 2.15. The van der Waals surface area contributed by atoms with Crippen molar-refractivity contribution < 1.29 is 9.13 Å². The Morgan fingerprint density at radius 2 is 1.90 bits per heavy atom. The number of hydrogen-bond acceptors (Lipinski definition) is 3. The molecule has 1 aromatic rings. The first-order valence-corrected chi connectivity index (χ1v) is 7.27. The minimum Gasteiger partial charge on any atom is -0.375 e. The Hall–Kier alpha value is -0.970. The molecular weight excluding hydrogens is 255 g/mol. The summed E-state index contributed by atoms with van der Waals surface area (Å²) < 4.78 is 19.6. The molecule has 2 unspecified atom stereocenters. The number of hydrogen-bond donors (Lipinski definition) is 1. The van der Waals surface area contributed by atoms with Crippen LogP contribution in [0.1, 0.15) is 32.3 Å². The van der Waals surface area contributed by atoms with Gasteiger partial charge < -0.3 is 10.5 Å². The predicted octanol–water partition coefficient (Wildman–Crippen LogP) is 2.54. The summed E-state index contributed by atoms with van der Waals surface area (Å²) >= 11 is 0. The second kappa shape index (κ2) is 6.20. The van der Waals surface area contributed by atoms with Gasteiger partial charge in [0.25, 0.3) is 0 Å². The van der Waals surface area contributed by atoms with Gasteiger partial charge >= 0.3 is 0 Å².